The highest BCUT2D eigenvalue weighted by Gasteiger charge is 2.37. The molecule has 0 unspecified atom stereocenters. The van der Waals surface area contributed by atoms with E-state index >= 15 is 0 Å². The molecule has 2 amide bonds. The number of carbonyl (C=O) groups excluding carboxylic acids is 2. The van der Waals surface area contributed by atoms with Crippen molar-refractivity contribution in [3.63, 3.8) is 0 Å². The normalized spacial score (nSPS) is 21.6. The largest absolute Gasteiger partial charge is 0.472 e. The Morgan fingerprint density at radius 1 is 1.00 bits per heavy atom. The number of hydrogen-bond donors (Lipinski definition) is 1. The number of benzene rings is 1. The van der Waals surface area contributed by atoms with Crippen LogP contribution in [0.1, 0.15) is 50.2 Å². The Hall–Kier alpha value is -2.97. The third kappa shape index (κ3) is 5.87. The van der Waals surface area contributed by atoms with Crippen LogP contribution in [0, 0.1) is 0 Å². The minimum Gasteiger partial charge on any atom is -0.472 e. The third-order valence-electron chi connectivity index (χ3n) is 7.62. The van der Waals surface area contributed by atoms with Gasteiger partial charge in [-0.05, 0) is 37.9 Å². The summed E-state index contributed by atoms with van der Waals surface area (Å²) in [4.78, 5) is 37.0. The Balaban J connectivity index is 1.09. The Kier molecular flexibility index (Phi) is 8.13. The van der Waals surface area contributed by atoms with Gasteiger partial charge in [0, 0.05) is 50.5 Å². The highest BCUT2D eigenvalue weighted by molar-refractivity contribution is 6.03. The number of aromatic nitrogens is 1. The average molecular weight is 492 g/mol. The maximum absolute atomic E-state index is 13.3. The van der Waals surface area contributed by atoms with E-state index in [1.165, 1.54) is 37.0 Å². The molecule has 2 aromatic rings. The molecule has 5 rings (SSSR count). The third-order valence-corrected chi connectivity index (χ3v) is 7.62. The smallest absolute Gasteiger partial charge is 0.274 e. The van der Waals surface area contributed by atoms with Gasteiger partial charge in [-0.25, -0.2) is 4.98 Å². The van der Waals surface area contributed by atoms with Crippen LogP contribution in [0.15, 0.2) is 48.7 Å². The van der Waals surface area contributed by atoms with Gasteiger partial charge in [0.05, 0.1) is 0 Å². The van der Waals surface area contributed by atoms with Crippen LogP contribution in [0.5, 0.6) is 5.75 Å². The van der Waals surface area contributed by atoms with E-state index in [4.69, 9.17) is 4.74 Å². The summed E-state index contributed by atoms with van der Waals surface area (Å²) in [5.74, 6) is 0.431. The predicted octanol–water partition coefficient (Wildman–Crippen LogP) is 3.00. The predicted molar refractivity (Wildman–Crippen MR) is 139 cm³/mol. The van der Waals surface area contributed by atoms with Gasteiger partial charge in [0.25, 0.3) is 5.91 Å². The molecule has 2 aliphatic heterocycles. The first-order chi connectivity index (χ1) is 17.7. The second-order valence-corrected chi connectivity index (χ2v) is 10.0. The summed E-state index contributed by atoms with van der Waals surface area (Å²) in [6.07, 6.45) is 8.62. The van der Waals surface area contributed by atoms with E-state index in [1.807, 2.05) is 30.3 Å². The fraction of sp³-hybridized carbons (Fsp3) is 0.536. The molecular weight excluding hydrogens is 454 g/mol. The van der Waals surface area contributed by atoms with Gasteiger partial charge < -0.3 is 15.0 Å². The molecule has 8 heteroatoms. The standard InChI is InChI=1S/C28H37N5O3/c34-25(29-15-8-16-31-17-19-32(20-18-31)23-11-5-2-6-12-23)21-33-27-24(13-7-14-30-27)36-26(28(33)35)22-9-3-1-4-10-22/h1,3-4,7,9-10,13-14,23,26H,2,5-6,8,11-12,15-21H2,(H,29,34)/t26-/m1/s1. The van der Waals surface area contributed by atoms with Crippen molar-refractivity contribution in [2.45, 2.75) is 50.7 Å². The van der Waals surface area contributed by atoms with E-state index in [1.54, 1.807) is 18.3 Å². The summed E-state index contributed by atoms with van der Waals surface area (Å²) < 4.78 is 5.96. The van der Waals surface area contributed by atoms with Gasteiger partial charge in [-0.15, -0.1) is 0 Å². The van der Waals surface area contributed by atoms with Gasteiger partial charge in [-0.3, -0.25) is 19.4 Å². The van der Waals surface area contributed by atoms with E-state index in [2.05, 4.69) is 20.1 Å². The zero-order valence-electron chi connectivity index (χ0n) is 21.0. The molecule has 1 aromatic carbocycles. The number of pyridine rings is 1. The van der Waals surface area contributed by atoms with Crippen LogP contribution in [-0.4, -0.2) is 78.5 Å². The lowest BCUT2D eigenvalue weighted by Gasteiger charge is -2.40. The Labute approximate surface area is 213 Å². The SMILES string of the molecule is O=C(CN1C(=O)[C@@H](c2ccccc2)Oc2cccnc21)NCCCN1CCN(C2CCCCC2)CC1. The quantitative estimate of drug-likeness (QED) is 0.572. The number of piperazine rings is 1. The molecule has 1 atom stereocenters. The second-order valence-electron chi connectivity index (χ2n) is 10.0. The number of nitrogens with zero attached hydrogens (tertiary/aromatic N) is 4. The lowest BCUT2D eigenvalue weighted by Crippen LogP contribution is -2.51. The van der Waals surface area contributed by atoms with Gasteiger partial charge >= 0.3 is 0 Å². The number of fused-ring (bicyclic) bond motifs is 1. The second kappa shape index (κ2) is 11.8. The van der Waals surface area contributed by atoms with Crippen molar-refractivity contribution < 1.29 is 14.3 Å². The first kappa shape index (κ1) is 24.7. The van der Waals surface area contributed by atoms with Crippen LogP contribution in [0.3, 0.4) is 0 Å². The van der Waals surface area contributed by atoms with Crippen molar-refractivity contribution in [3.8, 4) is 5.75 Å². The van der Waals surface area contributed by atoms with E-state index in [9.17, 15) is 9.59 Å². The van der Waals surface area contributed by atoms with Crippen molar-refractivity contribution in [1.29, 1.82) is 0 Å². The highest BCUT2D eigenvalue weighted by atomic mass is 16.5. The average Bonchev–Trinajstić information content (AvgIpc) is 2.94. The van der Waals surface area contributed by atoms with Gasteiger partial charge in [-0.1, -0.05) is 49.6 Å². The fourth-order valence-corrected chi connectivity index (χ4v) is 5.62. The summed E-state index contributed by atoms with van der Waals surface area (Å²) in [6, 6.07) is 13.7. The molecule has 0 spiro atoms. The van der Waals surface area contributed by atoms with Crippen LogP contribution < -0.4 is 15.0 Å². The molecule has 2 fully saturated rings. The van der Waals surface area contributed by atoms with E-state index in [0.717, 1.165) is 50.7 Å². The van der Waals surface area contributed by atoms with E-state index < -0.39 is 6.10 Å². The summed E-state index contributed by atoms with van der Waals surface area (Å²) in [7, 11) is 0. The molecule has 192 valence electrons. The minimum atomic E-state index is -0.789. The maximum atomic E-state index is 13.3. The lowest BCUT2D eigenvalue weighted by atomic mass is 9.94. The number of anilines is 1. The molecule has 0 radical (unpaired) electrons. The summed E-state index contributed by atoms with van der Waals surface area (Å²) in [5.41, 5.74) is 0.756. The van der Waals surface area contributed by atoms with Crippen LogP contribution in [-0.2, 0) is 9.59 Å². The Morgan fingerprint density at radius 3 is 2.56 bits per heavy atom. The molecule has 1 saturated heterocycles. The van der Waals surface area contributed by atoms with Crippen molar-refractivity contribution in [2.24, 2.45) is 0 Å². The number of amides is 2. The first-order valence-corrected chi connectivity index (χ1v) is 13.4. The van der Waals surface area contributed by atoms with Crippen LogP contribution in [0.4, 0.5) is 5.82 Å². The topological polar surface area (TPSA) is 78.0 Å². The summed E-state index contributed by atoms with van der Waals surface area (Å²) in [5, 5.41) is 3.00. The van der Waals surface area contributed by atoms with Crippen molar-refractivity contribution in [1.82, 2.24) is 20.1 Å². The van der Waals surface area contributed by atoms with Crippen molar-refractivity contribution in [3.05, 3.63) is 54.2 Å². The van der Waals surface area contributed by atoms with Crippen LogP contribution in [0.25, 0.3) is 0 Å². The number of rotatable bonds is 8. The Morgan fingerprint density at radius 2 is 1.78 bits per heavy atom. The summed E-state index contributed by atoms with van der Waals surface area (Å²) >= 11 is 0. The number of hydrogen-bond acceptors (Lipinski definition) is 6. The number of ether oxygens (including phenoxy) is 1. The molecule has 3 aliphatic rings. The molecule has 0 bridgehead atoms. The van der Waals surface area contributed by atoms with Crippen molar-refractivity contribution >= 4 is 17.6 Å². The van der Waals surface area contributed by atoms with E-state index in [-0.39, 0.29) is 18.4 Å². The number of carbonyl (C=O) groups is 2. The molecule has 36 heavy (non-hydrogen) atoms. The van der Waals surface area contributed by atoms with E-state index in [0.29, 0.717) is 18.1 Å². The molecule has 1 saturated carbocycles. The minimum absolute atomic E-state index is 0.0738. The highest BCUT2D eigenvalue weighted by Crippen LogP contribution is 2.36. The van der Waals surface area contributed by atoms with Crippen LogP contribution >= 0.6 is 0 Å². The van der Waals surface area contributed by atoms with Gasteiger partial charge in [0.2, 0.25) is 12.0 Å². The maximum Gasteiger partial charge on any atom is 0.274 e. The molecule has 8 nitrogen and oxygen atoms in total. The van der Waals surface area contributed by atoms with Gasteiger partial charge in [0.1, 0.15) is 6.54 Å². The first-order valence-electron chi connectivity index (χ1n) is 13.4. The fourth-order valence-electron chi connectivity index (χ4n) is 5.62. The monoisotopic (exact) mass is 491 g/mol. The lowest BCUT2D eigenvalue weighted by molar-refractivity contribution is -0.129. The zero-order valence-corrected chi connectivity index (χ0v) is 21.0. The van der Waals surface area contributed by atoms with Crippen LogP contribution in [0.2, 0.25) is 0 Å². The molecule has 3 heterocycles. The summed E-state index contributed by atoms with van der Waals surface area (Å²) in [6.45, 7) is 6.03. The molecule has 1 N–H and O–H groups in total. The van der Waals surface area contributed by atoms with Crippen molar-refractivity contribution in [2.75, 3.05) is 50.7 Å². The Bertz CT molecular complexity index is 1020. The molecule has 1 aliphatic carbocycles. The molecule has 1 aromatic heterocycles. The molecular formula is C28H37N5O3. The number of nitrogens with one attached hydrogen (secondary N) is 1. The zero-order chi connectivity index (χ0) is 24.7. The van der Waals surface area contributed by atoms with Gasteiger partial charge in [0.15, 0.2) is 11.6 Å². The van der Waals surface area contributed by atoms with Gasteiger partial charge in [-0.2, -0.15) is 0 Å².